The molecule has 4 N–H and O–H groups in total. The van der Waals surface area contributed by atoms with E-state index in [0.717, 1.165) is 6.20 Å². The summed E-state index contributed by atoms with van der Waals surface area (Å²) in [6.45, 7) is 0.503. The lowest BCUT2D eigenvalue weighted by Gasteiger charge is -2.37. The third kappa shape index (κ3) is 9.65. The molecule has 2 atom stereocenters. The number of halogens is 6. The molecule has 0 spiro atoms. The number of nitrogen functional groups attached to an aromatic ring is 1. The Labute approximate surface area is 320 Å². The summed E-state index contributed by atoms with van der Waals surface area (Å²) >= 11 is 0. The van der Waals surface area contributed by atoms with E-state index in [4.69, 9.17) is 10.8 Å². The Kier molecular flexibility index (Phi) is 12.0. The van der Waals surface area contributed by atoms with E-state index in [1.165, 1.54) is 55.8 Å². The van der Waals surface area contributed by atoms with Crippen LogP contribution < -0.4 is 20.9 Å². The van der Waals surface area contributed by atoms with E-state index in [-0.39, 0.29) is 60.0 Å². The Bertz CT molecular complexity index is 2290. The molecule has 8 rings (SSSR count). The zero-order valence-electron chi connectivity index (χ0n) is 30.0. The van der Waals surface area contributed by atoms with Crippen LogP contribution in [0.25, 0.3) is 11.3 Å². The van der Waals surface area contributed by atoms with Crippen molar-refractivity contribution < 1.29 is 41.0 Å². The molecule has 21 heteroatoms. The third-order valence-corrected chi connectivity index (χ3v) is 9.14. The second-order valence-corrected chi connectivity index (χ2v) is 13.0. The highest BCUT2D eigenvalue weighted by atomic mass is 19.4. The number of nitrogens with zero attached hydrogens (tertiary/aromatic N) is 10. The van der Waals surface area contributed by atoms with Crippen molar-refractivity contribution in [2.24, 2.45) is 0 Å². The number of carboxylic acid groups (broad SMARTS) is 1. The van der Waals surface area contributed by atoms with Gasteiger partial charge in [-0.05, 0) is 74.9 Å². The first kappa shape index (κ1) is 40.1. The highest BCUT2D eigenvalue weighted by Gasteiger charge is 2.46. The lowest BCUT2D eigenvalue weighted by molar-refractivity contribution is -0.153. The summed E-state index contributed by atoms with van der Waals surface area (Å²) in [7, 11) is 0. The van der Waals surface area contributed by atoms with E-state index >= 15 is 0 Å². The van der Waals surface area contributed by atoms with Gasteiger partial charge in [-0.25, -0.2) is 23.8 Å². The number of pyridine rings is 2. The second kappa shape index (κ2) is 17.1. The molecule has 0 bridgehead atoms. The summed E-state index contributed by atoms with van der Waals surface area (Å²) in [5.74, 6) is -1.37. The number of nitrogens with two attached hydrogens (primary N) is 1. The van der Waals surface area contributed by atoms with E-state index in [2.05, 4.69) is 35.5 Å². The molecule has 15 nitrogen and oxygen atoms in total. The van der Waals surface area contributed by atoms with E-state index in [1.54, 1.807) is 42.9 Å². The smallest absolute Gasteiger partial charge is 0.408 e. The van der Waals surface area contributed by atoms with E-state index in [0.29, 0.717) is 37.1 Å². The first-order chi connectivity index (χ1) is 27.2. The topological polar surface area (TPSA) is 185 Å². The van der Waals surface area contributed by atoms with Crippen molar-refractivity contribution in [1.29, 1.82) is 0 Å². The van der Waals surface area contributed by atoms with Crippen molar-refractivity contribution in [3.8, 4) is 0 Å². The summed E-state index contributed by atoms with van der Waals surface area (Å²) in [6.07, 6.45) is 5.48. The fourth-order valence-electron chi connectivity index (χ4n) is 6.45. The normalized spacial score (nSPS) is 17.3. The maximum absolute atomic E-state index is 13.4. The van der Waals surface area contributed by atoms with Crippen LogP contribution in [0.5, 0.6) is 0 Å². The van der Waals surface area contributed by atoms with Gasteiger partial charge in [0.25, 0.3) is 5.91 Å². The predicted molar refractivity (Wildman–Crippen MR) is 196 cm³/mol. The van der Waals surface area contributed by atoms with Gasteiger partial charge < -0.3 is 26.0 Å². The number of carbonyl (C=O) groups is 2. The monoisotopic (exact) mass is 798 g/mol. The average molecular weight is 799 g/mol. The molecule has 0 radical (unpaired) electrons. The molecule has 300 valence electrons. The zero-order chi connectivity index (χ0) is 40.7. The van der Waals surface area contributed by atoms with Crippen molar-refractivity contribution in [3.05, 3.63) is 97.1 Å². The minimum absolute atomic E-state index is 0.0153. The van der Waals surface area contributed by atoms with Crippen molar-refractivity contribution in [2.75, 3.05) is 33.9 Å². The summed E-state index contributed by atoms with van der Waals surface area (Å²) < 4.78 is 82.3. The molecular formula is C36H36F6N12O3. The fraction of sp³-hybridized carbons (Fsp3) is 0.333. The molecule has 8 heterocycles. The quantitative estimate of drug-likeness (QED) is 0.165. The Balaban J connectivity index is 0.000000168. The standard InChI is InChI=1S/C18H17F3N6O.C13H13F3N4O2.C5H6N2/c19-18(20,21)14-5-1-2-8-26(14)15-6-9-27-16(25-15)13(11-23-27)17(28)24-12-4-3-7-22-10-12;14-13(15,16)9-3-1-2-5-19(9)10-4-6-20-11(18-10)8(7-17-20)12(21)22;6-5-2-1-3-7-4-5/h3-4,6-7,9-11,14H,1-2,5,8H2,(H,24,28);4,6-7,9H,1-3,5H2,(H,21,22);1-4H,6H2. The van der Waals surface area contributed by atoms with E-state index in [1.807, 2.05) is 0 Å². The van der Waals surface area contributed by atoms with Gasteiger partial charge in [0.05, 0.1) is 30.0 Å². The summed E-state index contributed by atoms with van der Waals surface area (Å²) in [5.41, 5.74) is 6.78. The number of aromatic carboxylic acids is 1. The average Bonchev–Trinajstić information content (AvgIpc) is 3.83. The number of piperidine rings is 2. The molecule has 57 heavy (non-hydrogen) atoms. The number of carbonyl (C=O) groups excluding carboxylic acids is 1. The molecule has 2 aliphatic rings. The first-order valence-corrected chi connectivity index (χ1v) is 17.7. The van der Waals surface area contributed by atoms with Crippen molar-refractivity contribution in [3.63, 3.8) is 0 Å². The lowest BCUT2D eigenvalue weighted by Crippen LogP contribution is -2.49. The first-order valence-electron chi connectivity index (χ1n) is 17.7. The summed E-state index contributed by atoms with van der Waals surface area (Å²) in [4.78, 5) is 42.2. The van der Waals surface area contributed by atoms with Gasteiger partial charge in [0.1, 0.15) is 34.8 Å². The zero-order valence-corrected chi connectivity index (χ0v) is 30.0. The van der Waals surface area contributed by atoms with Crippen LogP contribution in [-0.4, -0.2) is 93.7 Å². The van der Waals surface area contributed by atoms with Crippen LogP contribution in [0, 0.1) is 0 Å². The van der Waals surface area contributed by atoms with Gasteiger partial charge in [-0.3, -0.25) is 14.8 Å². The highest BCUT2D eigenvalue weighted by molar-refractivity contribution is 6.08. The number of rotatable bonds is 5. The lowest BCUT2D eigenvalue weighted by atomic mass is 10.0. The van der Waals surface area contributed by atoms with Crippen LogP contribution >= 0.6 is 0 Å². The minimum atomic E-state index is -4.34. The number of alkyl halides is 6. The van der Waals surface area contributed by atoms with Gasteiger partial charge in [0.15, 0.2) is 11.3 Å². The van der Waals surface area contributed by atoms with E-state index < -0.39 is 36.3 Å². The van der Waals surface area contributed by atoms with Crippen LogP contribution in [0.3, 0.4) is 0 Å². The van der Waals surface area contributed by atoms with Gasteiger partial charge in [-0.2, -0.15) is 36.5 Å². The Morgan fingerprint density at radius 2 is 1.21 bits per heavy atom. The van der Waals surface area contributed by atoms with E-state index in [9.17, 15) is 35.9 Å². The van der Waals surface area contributed by atoms with Crippen LogP contribution in [-0.2, 0) is 0 Å². The van der Waals surface area contributed by atoms with Crippen LogP contribution in [0.2, 0.25) is 0 Å². The van der Waals surface area contributed by atoms with Crippen LogP contribution in [0.1, 0.15) is 59.2 Å². The molecule has 0 saturated carbocycles. The summed E-state index contributed by atoms with van der Waals surface area (Å²) in [5, 5.41) is 19.6. The van der Waals surface area contributed by atoms with Crippen LogP contribution in [0.15, 0.2) is 86.0 Å². The molecule has 6 aromatic heterocycles. The molecule has 2 aliphatic heterocycles. The third-order valence-electron chi connectivity index (χ3n) is 9.14. The van der Waals surface area contributed by atoms with Gasteiger partial charge in [-0.1, -0.05) is 0 Å². The SMILES string of the molecule is Nc1cccnc1.O=C(Nc1cccnc1)c1cnn2ccc(N3CCCCC3C(F)(F)F)nc12.O=C(O)c1cnn2ccc(N3CCCCC3C(F)(F)F)nc12. The number of hydrogen-bond donors (Lipinski definition) is 3. The second-order valence-electron chi connectivity index (χ2n) is 13.0. The van der Waals surface area contributed by atoms with Crippen molar-refractivity contribution in [1.82, 2.24) is 39.2 Å². The van der Waals surface area contributed by atoms with Crippen molar-refractivity contribution >= 4 is 46.2 Å². The molecular weight excluding hydrogens is 762 g/mol. The van der Waals surface area contributed by atoms with Gasteiger partial charge in [0, 0.05) is 44.1 Å². The Hall–Kier alpha value is -6.54. The molecule has 0 aromatic carbocycles. The molecule has 0 aliphatic carbocycles. The van der Waals surface area contributed by atoms with Crippen molar-refractivity contribution in [2.45, 2.75) is 63.0 Å². The number of hydrogen-bond acceptors (Lipinski definition) is 11. The molecule has 2 fully saturated rings. The summed E-state index contributed by atoms with van der Waals surface area (Å²) in [6, 6.07) is 6.71. The minimum Gasteiger partial charge on any atom is -0.477 e. The molecule has 2 unspecified atom stereocenters. The Morgan fingerprint density at radius 1 is 0.702 bits per heavy atom. The Morgan fingerprint density at radius 3 is 1.65 bits per heavy atom. The number of aromatic nitrogens is 8. The number of carboxylic acids is 1. The molecule has 6 aromatic rings. The maximum Gasteiger partial charge on any atom is 0.408 e. The number of fused-ring (bicyclic) bond motifs is 2. The number of amides is 1. The van der Waals surface area contributed by atoms with Gasteiger partial charge in [-0.15, -0.1) is 0 Å². The largest absolute Gasteiger partial charge is 0.477 e. The maximum atomic E-state index is 13.4. The molecule has 1 amide bonds. The predicted octanol–water partition coefficient (Wildman–Crippen LogP) is 6.31. The molecule has 2 saturated heterocycles. The van der Waals surface area contributed by atoms with Gasteiger partial charge in [0.2, 0.25) is 0 Å². The number of nitrogens with one attached hydrogen (secondary N) is 1. The van der Waals surface area contributed by atoms with Crippen LogP contribution in [0.4, 0.5) is 49.4 Å². The van der Waals surface area contributed by atoms with Gasteiger partial charge >= 0.3 is 18.3 Å². The highest BCUT2D eigenvalue weighted by Crippen LogP contribution is 2.36. The fourth-order valence-corrected chi connectivity index (χ4v) is 6.45. The number of anilines is 4.